The fourth-order valence-electron chi connectivity index (χ4n) is 2.91. The second-order valence-electron chi connectivity index (χ2n) is 6.79. The molecule has 32 heavy (non-hydrogen) atoms. The van der Waals surface area contributed by atoms with E-state index in [1.807, 2.05) is 18.2 Å². The molecule has 1 amide bonds. The van der Waals surface area contributed by atoms with E-state index in [2.05, 4.69) is 10.4 Å². The van der Waals surface area contributed by atoms with Crippen molar-refractivity contribution in [3.63, 3.8) is 0 Å². The molecule has 0 aliphatic rings. The predicted molar refractivity (Wildman–Crippen MR) is 117 cm³/mol. The summed E-state index contributed by atoms with van der Waals surface area (Å²) in [6.45, 7) is 0.584. The summed E-state index contributed by atoms with van der Waals surface area (Å²) < 4.78 is 12.7. The Balaban J connectivity index is 1.32. The second kappa shape index (κ2) is 9.36. The van der Waals surface area contributed by atoms with Crippen LogP contribution in [0, 0.1) is 10.1 Å². The molecule has 1 N–H and O–H groups in total. The lowest BCUT2D eigenvalue weighted by atomic mass is 10.2. The Labute approximate surface area is 187 Å². The second-order valence-corrected chi connectivity index (χ2v) is 7.22. The highest BCUT2D eigenvalue weighted by Gasteiger charge is 2.14. The third-order valence-corrected chi connectivity index (χ3v) is 4.67. The van der Waals surface area contributed by atoms with Crippen molar-refractivity contribution in [1.82, 2.24) is 9.78 Å². The molecule has 0 aliphatic heterocycles. The summed E-state index contributed by atoms with van der Waals surface area (Å²) in [6, 6.07) is 18.0. The van der Waals surface area contributed by atoms with E-state index in [0.717, 1.165) is 5.56 Å². The standard InChI is InChI=1S/C22H17ClN4O5/c23-16-3-1-2-15(12-16)13-26-11-10-21(25-26)24-22(28)20-9-8-19(32-20)14-31-18-6-4-17(5-7-18)27(29)30/h1-12H,13-14H2,(H,24,25,28). The summed E-state index contributed by atoms with van der Waals surface area (Å²) in [5.74, 6) is 0.927. The summed E-state index contributed by atoms with van der Waals surface area (Å²) in [6.07, 6.45) is 1.75. The molecule has 10 heteroatoms. The number of hydrogen-bond acceptors (Lipinski definition) is 6. The van der Waals surface area contributed by atoms with Gasteiger partial charge in [0.15, 0.2) is 11.6 Å². The van der Waals surface area contributed by atoms with Crippen LogP contribution in [0.2, 0.25) is 5.02 Å². The number of amides is 1. The highest BCUT2D eigenvalue weighted by atomic mass is 35.5. The number of benzene rings is 2. The van der Waals surface area contributed by atoms with Crippen LogP contribution in [-0.2, 0) is 13.2 Å². The monoisotopic (exact) mass is 452 g/mol. The molecule has 0 fully saturated rings. The van der Waals surface area contributed by atoms with Gasteiger partial charge in [-0.1, -0.05) is 23.7 Å². The van der Waals surface area contributed by atoms with Gasteiger partial charge < -0.3 is 14.5 Å². The Hall–Kier alpha value is -4.11. The van der Waals surface area contributed by atoms with Crippen LogP contribution in [0.25, 0.3) is 0 Å². The Morgan fingerprint density at radius 2 is 1.97 bits per heavy atom. The van der Waals surface area contributed by atoms with Crippen molar-refractivity contribution in [3.05, 3.63) is 105 Å². The molecule has 0 atom stereocenters. The highest BCUT2D eigenvalue weighted by Crippen LogP contribution is 2.19. The molecule has 0 saturated heterocycles. The summed E-state index contributed by atoms with van der Waals surface area (Å²) in [5, 5.41) is 18.3. The number of non-ortho nitro benzene ring substituents is 1. The van der Waals surface area contributed by atoms with Gasteiger partial charge in [-0.25, -0.2) is 0 Å². The van der Waals surface area contributed by atoms with Crippen molar-refractivity contribution in [2.24, 2.45) is 0 Å². The van der Waals surface area contributed by atoms with Gasteiger partial charge in [0.25, 0.3) is 11.6 Å². The predicted octanol–water partition coefficient (Wildman–Crippen LogP) is 4.92. The maximum atomic E-state index is 12.4. The zero-order valence-corrected chi connectivity index (χ0v) is 17.4. The summed E-state index contributed by atoms with van der Waals surface area (Å²) in [7, 11) is 0. The zero-order valence-electron chi connectivity index (χ0n) is 16.6. The van der Waals surface area contributed by atoms with E-state index in [9.17, 15) is 14.9 Å². The number of halogens is 1. The highest BCUT2D eigenvalue weighted by molar-refractivity contribution is 6.30. The molecule has 9 nitrogen and oxygen atoms in total. The van der Waals surface area contributed by atoms with Crippen molar-refractivity contribution in [2.45, 2.75) is 13.2 Å². The molecule has 2 heterocycles. The first-order valence-electron chi connectivity index (χ1n) is 9.51. The van der Waals surface area contributed by atoms with Crippen LogP contribution in [0.4, 0.5) is 11.5 Å². The normalized spacial score (nSPS) is 10.7. The minimum atomic E-state index is -0.485. The Kier molecular flexibility index (Phi) is 6.18. The number of nitrogens with zero attached hydrogens (tertiary/aromatic N) is 3. The number of rotatable bonds is 8. The first-order valence-corrected chi connectivity index (χ1v) is 9.89. The zero-order chi connectivity index (χ0) is 22.5. The van der Waals surface area contributed by atoms with Crippen molar-refractivity contribution in [2.75, 3.05) is 5.32 Å². The van der Waals surface area contributed by atoms with Crippen LogP contribution >= 0.6 is 11.6 Å². The Morgan fingerprint density at radius 1 is 1.16 bits per heavy atom. The first kappa shape index (κ1) is 21.1. The number of ether oxygens (including phenoxy) is 1. The molecule has 0 bridgehead atoms. The van der Waals surface area contributed by atoms with Gasteiger partial charge in [-0.05, 0) is 42.0 Å². The molecule has 162 valence electrons. The van der Waals surface area contributed by atoms with E-state index in [0.29, 0.717) is 28.9 Å². The molecule has 2 aromatic heterocycles. The summed E-state index contributed by atoms with van der Waals surface area (Å²) in [5.41, 5.74) is 0.964. The van der Waals surface area contributed by atoms with E-state index in [-0.39, 0.29) is 18.1 Å². The number of nitro groups is 1. The number of carbonyl (C=O) groups is 1. The number of hydrogen-bond donors (Lipinski definition) is 1. The number of anilines is 1. The lowest BCUT2D eigenvalue weighted by Gasteiger charge is -2.04. The van der Waals surface area contributed by atoms with E-state index < -0.39 is 10.8 Å². The molecular formula is C22H17ClN4O5. The molecule has 4 aromatic rings. The molecule has 0 spiro atoms. The lowest BCUT2D eigenvalue weighted by Crippen LogP contribution is -2.12. The first-order chi connectivity index (χ1) is 15.5. The van der Waals surface area contributed by atoms with Gasteiger partial charge >= 0.3 is 0 Å². The maximum Gasteiger partial charge on any atom is 0.292 e. The van der Waals surface area contributed by atoms with Gasteiger partial charge in [-0.15, -0.1) is 0 Å². The van der Waals surface area contributed by atoms with Gasteiger partial charge in [-0.2, -0.15) is 5.10 Å². The fraction of sp³-hybridized carbons (Fsp3) is 0.0909. The number of carbonyl (C=O) groups excluding carboxylic acids is 1. The topological polar surface area (TPSA) is 112 Å². The molecule has 0 aliphatic carbocycles. The van der Waals surface area contributed by atoms with Crippen LogP contribution in [0.3, 0.4) is 0 Å². The Bertz CT molecular complexity index is 1250. The number of nitrogens with one attached hydrogen (secondary N) is 1. The van der Waals surface area contributed by atoms with E-state index in [1.54, 1.807) is 29.1 Å². The third kappa shape index (κ3) is 5.32. The Morgan fingerprint density at radius 3 is 2.72 bits per heavy atom. The SMILES string of the molecule is O=C(Nc1ccn(Cc2cccc(Cl)c2)n1)c1ccc(COc2ccc([N+](=O)[O-])cc2)o1. The van der Waals surface area contributed by atoms with Crippen molar-refractivity contribution < 1.29 is 18.9 Å². The average molecular weight is 453 g/mol. The van der Waals surface area contributed by atoms with Crippen LogP contribution in [0.15, 0.2) is 77.3 Å². The minimum absolute atomic E-state index is 0.0238. The van der Waals surface area contributed by atoms with Gasteiger partial charge in [0.05, 0.1) is 11.5 Å². The van der Waals surface area contributed by atoms with E-state index in [4.69, 9.17) is 20.8 Å². The summed E-state index contributed by atoms with van der Waals surface area (Å²) >= 11 is 6.00. The van der Waals surface area contributed by atoms with Gasteiger partial charge in [0.2, 0.25) is 0 Å². The van der Waals surface area contributed by atoms with Gasteiger partial charge in [0, 0.05) is 29.4 Å². The van der Waals surface area contributed by atoms with E-state index in [1.165, 1.54) is 30.3 Å². The van der Waals surface area contributed by atoms with Crippen molar-refractivity contribution >= 4 is 29.0 Å². The van der Waals surface area contributed by atoms with Crippen LogP contribution in [0.1, 0.15) is 21.9 Å². The average Bonchev–Trinajstić information content (AvgIpc) is 3.42. The van der Waals surface area contributed by atoms with E-state index >= 15 is 0 Å². The lowest BCUT2D eigenvalue weighted by molar-refractivity contribution is -0.384. The molecule has 0 unspecified atom stereocenters. The van der Waals surface area contributed by atoms with Crippen LogP contribution < -0.4 is 10.1 Å². The third-order valence-electron chi connectivity index (χ3n) is 4.43. The van der Waals surface area contributed by atoms with Crippen LogP contribution in [-0.4, -0.2) is 20.6 Å². The quantitative estimate of drug-likeness (QED) is 0.300. The van der Waals surface area contributed by atoms with Gasteiger partial charge in [-0.3, -0.25) is 19.6 Å². The van der Waals surface area contributed by atoms with Crippen molar-refractivity contribution in [1.29, 1.82) is 0 Å². The van der Waals surface area contributed by atoms with Gasteiger partial charge in [0.1, 0.15) is 18.1 Å². The minimum Gasteiger partial charge on any atom is -0.486 e. The molecule has 0 saturated carbocycles. The number of nitro benzene ring substituents is 1. The maximum absolute atomic E-state index is 12.4. The largest absolute Gasteiger partial charge is 0.486 e. The molecular weight excluding hydrogens is 436 g/mol. The number of furan rings is 1. The van der Waals surface area contributed by atoms with Crippen molar-refractivity contribution in [3.8, 4) is 5.75 Å². The molecule has 0 radical (unpaired) electrons. The van der Waals surface area contributed by atoms with Crippen LogP contribution in [0.5, 0.6) is 5.75 Å². The fourth-order valence-corrected chi connectivity index (χ4v) is 3.13. The number of aromatic nitrogens is 2. The smallest absolute Gasteiger partial charge is 0.292 e. The molecule has 4 rings (SSSR count). The summed E-state index contributed by atoms with van der Waals surface area (Å²) in [4.78, 5) is 22.6. The molecule has 2 aromatic carbocycles.